The van der Waals surface area contributed by atoms with Gasteiger partial charge in [-0.05, 0) is 53.6 Å². The van der Waals surface area contributed by atoms with Crippen molar-refractivity contribution in [3.05, 3.63) is 95.6 Å². The molecule has 8 nitrogen and oxygen atoms in total. The van der Waals surface area contributed by atoms with E-state index in [9.17, 15) is 22.4 Å². The predicted octanol–water partition coefficient (Wildman–Crippen LogP) is 2.05. The molecule has 0 bridgehead atoms. The minimum absolute atomic E-state index is 0.0150. The molecule has 2 heterocycles. The van der Waals surface area contributed by atoms with Gasteiger partial charge in [-0.25, -0.2) is 17.5 Å². The second kappa shape index (κ2) is 10.9. The topological polar surface area (TPSA) is 114 Å². The van der Waals surface area contributed by atoms with Crippen LogP contribution in [0.4, 0.5) is 4.39 Å². The first-order chi connectivity index (χ1) is 16.8. The van der Waals surface area contributed by atoms with Crippen LogP contribution in [0.15, 0.2) is 78.0 Å². The summed E-state index contributed by atoms with van der Waals surface area (Å²) in [4.78, 5) is 30.0. The molecule has 3 aromatic rings. The summed E-state index contributed by atoms with van der Waals surface area (Å²) in [6, 6.07) is 13.5. The molecule has 1 amide bonds. The third-order valence-electron chi connectivity index (χ3n) is 5.53. The van der Waals surface area contributed by atoms with E-state index in [1.807, 2.05) is 0 Å². The number of sulfonamides is 1. The average Bonchev–Trinajstić information content (AvgIpc) is 2.82. The molecule has 1 aromatic heterocycles. The summed E-state index contributed by atoms with van der Waals surface area (Å²) in [5.41, 5.74) is 1.60. The van der Waals surface area contributed by atoms with Crippen molar-refractivity contribution in [3.8, 4) is 0 Å². The molecule has 1 fully saturated rings. The number of carbonyl (C=O) groups excluding carboxylic acids is 2. The molecule has 2 aromatic carbocycles. The third-order valence-corrected chi connectivity index (χ3v) is 7.07. The van der Waals surface area contributed by atoms with E-state index in [4.69, 9.17) is 4.74 Å². The van der Waals surface area contributed by atoms with Crippen LogP contribution in [0.5, 0.6) is 0 Å². The van der Waals surface area contributed by atoms with Gasteiger partial charge in [0.1, 0.15) is 5.82 Å². The van der Waals surface area contributed by atoms with Crippen LogP contribution in [-0.4, -0.2) is 50.4 Å². The smallest absolute Gasteiger partial charge is 0.251 e. The van der Waals surface area contributed by atoms with E-state index in [2.05, 4.69) is 15.0 Å². The molecule has 2 N–H and O–H groups in total. The first-order valence-corrected chi connectivity index (χ1v) is 12.5. The molecule has 35 heavy (non-hydrogen) atoms. The van der Waals surface area contributed by atoms with Gasteiger partial charge in [0.2, 0.25) is 10.0 Å². The van der Waals surface area contributed by atoms with Gasteiger partial charge in [0, 0.05) is 30.8 Å². The zero-order valence-electron chi connectivity index (χ0n) is 18.7. The van der Waals surface area contributed by atoms with E-state index in [1.165, 1.54) is 36.4 Å². The number of carbonyl (C=O) groups is 2. The van der Waals surface area contributed by atoms with Crippen molar-refractivity contribution in [2.75, 3.05) is 13.2 Å². The van der Waals surface area contributed by atoms with Gasteiger partial charge in [0.05, 0.1) is 30.2 Å². The lowest BCUT2D eigenvalue weighted by Gasteiger charge is -2.26. The van der Waals surface area contributed by atoms with Crippen LogP contribution in [0.2, 0.25) is 0 Å². The number of Topliss-reactive ketones (excluding diaryl/α,β-unsaturated/α-hetero) is 1. The van der Waals surface area contributed by atoms with Crippen LogP contribution in [-0.2, 0) is 32.4 Å². The standard InChI is InChI=1S/C25H24FN3O5S/c26-20-7-5-19(6-8-20)25(31)28-23(12-18-2-1-11-27-14-18)24(30)13-17-3-9-22(10-4-17)35(32,33)29-21-15-34-16-21/h1-11,14,21,23,29H,12-13,15-16H2,(H,28,31)/t23-/m0/s1. The van der Waals surface area contributed by atoms with E-state index >= 15 is 0 Å². The number of benzene rings is 2. The lowest BCUT2D eigenvalue weighted by Crippen LogP contribution is -2.48. The number of ether oxygens (including phenoxy) is 1. The molecule has 0 unspecified atom stereocenters. The highest BCUT2D eigenvalue weighted by molar-refractivity contribution is 7.89. The van der Waals surface area contributed by atoms with Gasteiger partial charge in [-0.3, -0.25) is 14.6 Å². The molecule has 1 aliphatic heterocycles. The highest BCUT2D eigenvalue weighted by Gasteiger charge is 2.26. The number of hydrogen-bond acceptors (Lipinski definition) is 6. The molecule has 1 atom stereocenters. The van der Waals surface area contributed by atoms with E-state index in [0.717, 1.165) is 5.56 Å². The van der Waals surface area contributed by atoms with Crippen LogP contribution in [0.3, 0.4) is 0 Å². The molecule has 1 aliphatic rings. The number of nitrogens with one attached hydrogen (secondary N) is 2. The Bertz CT molecular complexity index is 1280. The van der Waals surface area contributed by atoms with Crippen LogP contribution in [0.25, 0.3) is 0 Å². The molecule has 0 saturated carbocycles. The Morgan fingerprint density at radius 2 is 1.74 bits per heavy atom. The second-order valence-corrected chi connectivity index (χ2v) is 9.96. The van der Waals surface area contributed by atoms with Crippen molar-refractivity contribution in [2.24, 2.45) is 0 Å². The lowest BCUT2D eigenvalue weighted by molar-refractivity contribution is -0.120. The number of amides is 1. The molecule has 0 spiro atoms. The number of ketones is 1. The van der Waals surface area contributed by atoms with Crippen molar-refractivity contribution < 1.29 is 27.1 Å². The monoisotopic (exact) mass is 497 g/mol. The van der Waals surface area contributed by atoms with Crippen LogP contribution >= 0.6 is 0 Å². The Kier molecular flexibility index (Phi) is 7.64. The van der Waals surface area contributed by atoms with Crippen LogP contribution in [0, 0.1) is 5.82 Å². The van der Waals surface area contributed by atoms with Gasteiger partial charge in [-0.2, -0.15) is 0 Å². The minimum atomic E-state index is -3.68. The molecule has 182 valence electrons. The highest BCUT2D eigenvalue weighted by Crippen LogP contribution is 2.15. The lowest BCUT2D eigenvalue weighted by atomic mass is 9.98. The zero-order valence-corrected chi connectivity index (χ0v) is 19.5. The fraction of sp³-hybridized carbons (Fsp3) is 0.240. The van der Waals surface area contributed by atoms with Gasteiger partial charge >= 0.3 is 0 Å². The van der Waals surface area contributed by atoms with Crippen molar-refractivity contribution in [1.82, 2.24) is 15.0 Å². The largest absolute Gasteiger partial charge is 0.378 e. The fourth-order valence-electron chi connectivity index (χ4n) is 3.54. The molecule has 0 aliphatic carbocycles. The number of pyridine rings is 1. The Morgan fingerprint density at radius 3 is 2.34 bits per heavy atom. The Labute approximate surface area is 202 Å². The first kappa shape index (κ1) is 24.6. The Hall–Kier alpha value is -3.47. The summed E-state index contributed by atoms with van der Waals surface area (Å²) in [6.45, 7) is 0.682. The highest BCUT2D eigenvalue weighted by atomic mass is 32.2. The number of aromatic nitrogens is 1. The van der Waals surface area contributed by atoms with Gasteiger partial charge in [0.15, 0.2) is 5.78 Å². The minimum Gasteiger partial charge on any atom is -0.378 e. The van der Waals surface area contributed by atoms with E-state index in [-0.39, 0.29) is 35.1 Å². The molecule has 10 heteroatoms. The van der Waals surface area contributed by atoms with E-state index < -0.39 is 27.8 Å². The maximum Gasteiger partial charge on any atom is 0.251 e. The molecular weight excluding hydrogens is 473 g/mol. The van der Waals surface area contributed by atoms with Crippen molar-refractivity contribution >= 4 is 21.7 Å². The Balaban J connectivity index is 1.47. The summed E-state index contributed by atoms with van der Waals surface area (Å²) >= 11 is 0. The van der Waals surface area contributed by atoms with Gasteiger partial charge < -0.3 is 10.1 Å². The van der Waals surface area contributed by atoms with Crippen LogP contribution < -0.4 is 10.0 Å². The second-order valence-electron chi connectivity index (χ2n) is 8.24. The normalized spacial score (nSPS) is 14.7. The fourth-order valence-corrected chi connectivity index (χ4v) is 4.75. The first-order valence-electron chi connectivity index (χ1n) is 11.0. The van der Waals surface area contributed by atoms with Gasteiger partial charge in [-0.15, -0.1) is 0 Å². The van der Waals surface area contributed by atoms with E-state index in [1.54, 1.807) is 36.7 Å². The summed E-state index contributed by atoms with van der Waals surface area (Å²) in [6.07, 6.45) is 3.43. The zero-order chi connectivity index (χ0) is 24.8. The summed E-state index contributed by atoms with van der Waals surface area (Å²) in [7, 11) is -3.68. The summed E-state index contributed by atoms with van der Waals surface area (Å²) in [5.74, 6) is -1.23. The maximum atomic E-state index is 13.2. The number of nitrogens with zero attached hydrogens (tertiary/aromatic N) is 1. The summed E-state index contributed by atoms with van der Waals surface area (Å²) in [5, 5.41) is 2.73. The third kappa shape index (κ3) is 6.56. The quantitative estimate of drug-likeness (QED) is 0.443. The van der Waals surface area contributed by atoms with Crippen molar-refractivity contribution in [2.45, 2.75) is 29.8 Å². The summed E-state index contributed by atoms with van der Waals surface area (Å²) < 4.78 is 45.7. The number of halogens is 1. The van der Waals surface area contributed by atoms with Gasteiger partial charge in [-0.1, -0.05) is 18.2 Å². The van der Waals surface area contributed by atoms with Crippen molar-refractivity contribution in [1.29, 1.82) is 0 Å². The average molecular weight is 498 g/mol. The SMILES string of the molecule is O=C(N[C@@H](Cc1cccnc1)C(=O)Cc1ccc(S(=O)(=O)NC2COC2)cc1)c1ccc(F)cc1. The molecule has 1 saturated heterocycles. The molecule has 0 radical (unpaired) electrons. The van der Waals surface area contributed by atoms with E-state index in [0.29, 0.717) is 18.8 Å². The Morgan fingerprint density at radius 1 is 1.03 bits per heavy atom. The number of hydrogen-bond donors (Lipinski definition) is 2. The van der Waals surface area contributed by atoms with Crippen molar-refractivity contribution in [3.63, 3.8) is 0 Å². The predicted molar refractivity (Wildman–Crippen MR) is 126 cm³/mol. The molecular formula is C25H24FN3O5S. The maximum absolute atomic E-state index is 13.2. The van der Waals surface area contributed by atoms with Crippen LogP contribution in [0.1, 0.15) is 21.5 Å². The van der Waals surface area contributed by atoms with Gasteiger partial charge in [0.25, 0.3) is 5.91 Å². The molecule has 4 rings (SSSR count). The number of rotatable bonds is 10.